The van der Waals surface area contributed by atoms with E-state index < -0.39 is 0 Å². The fourth-order valence-electron chi connectivity index (χ4n) is 2.28. The van der Waals surface area contributed by atoms with E-state index in [2.05, 4.69) is 10.3 Å². The first-order valence-corrected chi connectivity index (χ1v) is 9.45. The highest BCUT2D eigenvalue weighted by Gasteiger charge is 2.18. The molecule has 0 saturated heterocycles. The van der Waals surface area contributed by atoms with Gasteiger partial charge in [-0.05, 0) is 24.3 Å². The quantitative estimate of drug-likeness (QED) is 0.631. The van der Waals surface area contributed by atoms with Gasteiger partial charge in [0.05, 0.1) is 36.2 Å². The number of halogens is 1. The number of nitrogens with one attached hydrogen (secondary N) is 1. The Morgan fingerprint density at radius 3 is 2.35 bits per heavy atom. The molecule has 26 heavy (non-hydrogen) atoms. The van der Waals surface area contributed by atoms with E-state index in [0.717, 1.165) is 10.6 Å². The van der Waals surface area contributed by atoms with Gasteiger partial charge >= 0.3 is 0 Å². The third kappa shape index (κ3) is 3.77. The summed E-state index contributed by atoms with van der Waals surface area (Å²) in [5, 5.41) is 5.14. The Balaban J connectivity index is 1.83. The summed E-state index contributed by atoms with van der Waals surface area (Å²) in [6.07, 6.45) is 0. The van der Waals surface area contributed by atoms with E-state index >= 15 is 0 Å². The number of aromatic nitrogens is 1. The minimum atomic E-state index is -0.325. The normalized spacial score (nSPS) is 10.5. The van der Waals surface area contributed by atoms with E-state index in [0.29, 0.717) is 32.3 Å². The lowest BCUT2D eigenvalue weighted by Crippen LogP contribution is -2.12. The van der Waals surface area contributed by atoms with E-state index in [1.807, 2.05) is 17.5 Å². The average molecular weight is 411 g/mol. The van der Waals surface area contributed by atoms with Crippen molar-refractivity contribution in [2.45, 2.75) is 0 Å². The molecule has 2 heterocycles. The SMILES string of the molecule is COc1cc(C(=O)Nc2nc(-c3ccc(Cl)s3)cs2)cc(OC)c1OC. The number of thiazole rings is 1. The molecule has 1 amide bonds. The van der Waals surface area contributed by atoms with Crippen LogP contribution < -0.4 is 19.5 Å². The average Bonchev–Trinajstić information content (AvgIpc) is 3.29. The molecule has 0 aliphatic carbocycles. The molecule has 0 unspecified atom stereocenters. The summed E-state index contributed by atoms with van der Waals surface area (Å²) in [5.41, 5.74) is 1.14. The number of amides is 1. The molecule has 3 aromatic rings. The lowest BCUT2D eigenvalue weighted by atomic mass is 10.1. The van der Waals surface area contributed by atoms with Crippen molar-refractivity contribution < 1.29 is 19.0 Å². The number of ether oxygens (including phenoxy) is 3. The Labute approximate surface area is 163 Å². The van der Waals surface area contributed by atoms with Gasteiger partial charge in [0.1, 0.15) is 0 Å². The number of hydrogen-bond acceptors (Lipinski definition) is 7. The third-order valence-electron chi connectivity index (χ3n) is 3.48. The minimum absolute atomic E-state index is 0.325. The fourth-order valence-corrected chi connectivity index (χ4v) is 4.06. The number of nitrogens with zero attached hydrogens (tertiary/aromatic N) is 1. The molecule has 0 fully saturated rings. The Morgan fingerprint density at radius 2 is 1.81 bits per heavy atom. The van der Waals surface area contributed by atoms with Gasteiger partial charge in [-0.2, -0.15) is 0 Å². The highest BCUT2D eigenvalue weighted by Crippen LogP contribution is 2.38. The zero-order valence-electron chi connectivity index (χ0n) is 14.2. The topological polar surface area (TPSA) is 69.7 Å². The van der Waals surface area contributed by atoms with Crippen molar-refractivity contribution in [3.05, 3.63) is 39.5 Å². The first-order valence-electron chi connectivity index (χ1n) is 7.38. The maximum absolute atomic E-state index is 12.6. The van der Waals surface area contributed by atoms with Crippen LogP contribution >= 0.6 is 34.3 Å². The van der Waals surface area contributed by atoms with Gasteiger partial charge in [0.15, 0.2) is 16.6 Å². The molecule has 0 aliphatic rings. The maximum atomic E-state index is 12.6. The van der Waals surface area contributed by atoms with Gasteiger partial charge in [-0.3, -0.25) is 10.1 Å². The fraction of sp³-hybridized carbons (Fsp3) is 0.176. The molecule has 0 spiro atoms. The number of methoxy groups -OCH3 is 3. The molecule has 1 N–H and O–H groups in total. The lowest BCUT2D eigenvalue weighted by Gasteiger charge is -2.13. The molecular weight excluding hydrogens is 396 g/mol. The summed E-state index contributed by atoms with van der Waals surface area (Å²) in [5.74, 6) is 0.919. The van der Waals surface area contributed by atoms with Crippen molar-refractivity contribution in [2.75, 3.05) is 26.6 Å². The molecule has 1 aromatic carbocycles. The van der Waals surface area contributed by atoms with Gasteiger partial charge in [0, 0.05) is 10.9 Å². The van der Waals surface area contributed by atoms with Gasteiger partial charge in [-0.15, -0.1) is 22.7 Å². The lowest BCUT2D eigenvalue weighted by molar-refractivity contribution is 0.102. The number of hydrogen-bond donors (Lipinski definition) is 1. The zero-order chi connectivity index (χ0) is 18.7. The van der Waals surface area contributed by atoms with Crippen molar-refractivity contribution in [2.24, 2.45) is 0 Å². The highest BCUT2D eigenvalue weighted by molar-refractivity contribution is 7.20. The predicted molar refractivity (Wildman–Crippen MR) is 104 cm³/mol. The second-order valence-corrected chi connectivity index (χ2v) is 7.58. The van der Waals surface area contributed by atoms with Crippen LogP contribution in [-0.2, 0) is 0 Å². The monoisotopic (exact) mass is 410 g/mol. The third-order valence-corrected chi connectivity index (χ3v) is 5.49. The van der Waals surface area contributed by atoms with Gasteiger partial charge < -0.3 is 14.2 Å². The van der Waals surface area contributed by atoms with Crippen molar-refractivity contribution in [1.82, 2.24) is 4.98 Å². The van der Waals surface area contributed by atoms with Crippen LogP contribution in [0.5, 0.6) is 17.2 Å². The van der Waals surface area contributed by atoms with E-state index in [1.165, 1.54) is 44.0 Å². The van der Waals surface area contributed by atoms with Crippen LogP contribution in [0.4, 0.5) is 5.13 Å². The molecule has 0 atom stereocenters. The van der Waals surface area contributed by atoms with Crippen LogP contribution in [0.1, 0.15) is 10.4 Å². The molecule has 2 aromatic heterocycles. The van der Waals surface area contributed by atoms with Gasteiger partial charge in [0.2, 0.25) is 5.75 Å². The Hall–Kier alpha value is -2.29. The van der Waals surface area contributed by atoms with Gasteiger partial charge in [-0.1, -0.05) is 11.6 Å². The van der Waals surface area contributed by atoms with Gasteiger partial charge in [-0.25, -0.2) is 4.98 Å². The molecule has 136 valence electrons. The highest BCUT2D eigenvalue weighted by atomic mass is 35.5. The van der Waals surface area contributed by atoms with E-state index in [1.54, 1.807) is 12.1 Å². The number of rotatable bonds is 6. The molecular formula is C17H15ClN2O4S2. The Bertz CT molecular complexity index is 913. The van der Waals surface area contributed by atoms with Gasteiger partial charge in [0.25, 0.3) is 5.91 Å². The van der Waals surface area contributed by atoms with Crippen molar-refractivity contribution in [3.8, 4) is 27.8 Å². The first-order chi connectivity index (χ1) is 12.5. The zero-order valence-corrected chi connectivity index (χ0v) is 16.6. The van der Waals surface area contributed by atoms with Crippen LogP contribution in [-0.4, -0.2) is 32.2 Å². The summed E-state index contributed by atoms with van der Waals surface area (Å²) in [6.45, 7) is 0. The second-order valence-electron chi connectivity index (χ2n) is 5.01. The van der Waals surface area contributed by atoms with Crippen LogP contribution in [0.3, 0.4) is 0 Å². The summed E-state index contributed by atoms with van der Waals surface area (Å²) in [4.78, 5) is 18.0. The second kappa shape index (κ2) is 7.94. The molecule has 9 heteroatoms. The Kier molecular flexibility index (Phi) is 5.65. The molecule has 0 saturated carbocycles. The smallest absolute Gasteiger partial charge is 0.257 e. The van der Waals surface area contributed by atoms with Crippen LogP contribution in [0.15, 0.2) is 29.6 Å². The first kappa shape index (κ1) is 18.5. The van der Waals surface area contributed by atoms with E-state index in [9.17, 15) is 4.79 Å². The molecule has 0 aliphatic heterocycles. The largest absolute Gasteiger partial charge is 0.493 e. The van der Waals surface area contributed by atoms with E-state index in [4.69, 9.17) is 25.8 Å². The number of carbonyl (C=O) groups is 1. The Morgan fingerprint density at radius 1 is 1.12 bits per heavy atom. The molecule has 6 nitrogen and oxygen atoms in total. The van der Waals surface area contributed by atoms with Crippen molar-refractivity contribution in [3.63, 3.8) is 0 Å². The summed E-state index contributed by atoms with van der Waals surface area (Å²) < 4.78 is 16.5. The van der Waals surface area contributed by atoms with Crippen molar-refractivity contribution in [1.29, 1.82) is 0 Å². The predicted octanol–water partition coefficient (Wildman–Crippen LogP) is 4.80. The number of carbonyl (C=O) groups excluding carboxylic acids is 1. The summed E-state index contributed by atoms with van der Waals surface area (Å²) in [6, 6.07) is 6.89. The molecule has 3 rings (SSSR count). The number of benzene rings is 1. The maximum Gasteiger partial charge on any atom is 0.257 e. The summed E-state index contributed by atoms with van der Waals surface area (Å²) >= 11 is 8.72. The van der Waals surface area contributed by atoms with Crippen LogP contribution in [0.2, 0.25) is 4.34 Å². The minimum Gasteiger partial charge on any atom is -0.493 e. The van der Waals surface area contributed by atoms with Crippen LogP contribution in [0, 0.1) is 0 Å². The van der Waals surface area contributed by atoms with Crippen molar-refractivity contribution >= 4 is 45.3 Å². The number of anilines is 1. The molecule has 0 radical (unpaired) electrons. The molecule has 0 bridgehead atoms. The van der Waals surface area contributed by atoms with Crippen LogP contribution in [0.25, 0.3) is 10.6 Å². The van der Waals surface area contributed by atoms with E-state index in [-0.39, 0.29) is 5.91 Å². The summed E-state index contributed by atoms with van der Waals surface area (Å²) in [7, 11) is 4.50. The number of thiophene rings is 1. The standard InChI is InChI=1S/C17H15ClN2O4S2/c1-22-11-6-9(7-12(23-2)15(11)24-3)16(21)20-17-19-10(8-25-17)13-4-5-14(18)26-13/h4-8H,1-3H3,(H,19,20,21).